The van der Waals surface area contributed by atoms with Gasteiger partial charge in [0.15, 0.2) is 0 Å². The van der Waals surface area contributed by atoms with E-state index in [4.69, 9.17) is 5.73 Å². The van der Waals surface area contributed by atoms with E-state index < -0.39 is 0 Å². The van der Waals surface area contributed by atoms with Gasteiger partial charge in [-0.3, -0.25) is 4.79 Å². The molecule has 3 aromatic rings. The number of aromatic nitrogens is 2. The first-order valence-corrected chi connectivity index (χ1v) is 8.80. The molecule has 1 aliphatic rings. The van der Waals surface area contributed by atoms with Crippen LogP contribution in [0.4, 0.5) is 5.69 Å². The molecule has 0 aliphatic heterocycles. The Balaban J connectivity index is 1.57. The quantitative estimate of drug-likeness (QED) is 0.680. The Labute approximate surface area is 146 Å². The molecular weight excluding hydrogens is 312 g/mol. The van der Waals surface area contributed by atoms with Crippen LogP contribution in [0.15, 0.2) is 48.5 Å². The number of nitrogens with two attached hydrogens (primary N) is 1. The lowest BCUT2D eigenvalue weighted by Gasteiger charge is -2.15. The molecule has 1 fully saturated rings. The third kappa shape index (κ3) is 3.28. The number of amides is 1. The van der Waals surface area contributed by atoms with Crippen LogP contribution in [0.25, 0.3) is 22.4 Å². The van der Waals surface area contributed by atoms with E-state index in [1.165, 1.54) is 0 Å². The number of para-hydroxylation sites is 3. The maximum absolute atomic E-state index is 12.5. The molecule has 4 N–H and O–H groups in total. The zero-order valence-corrected chi connectivity index (χ0v) is 14.0. The van der Waals surface area contributed by atoms with E-state index in [9.17, 15) is 4.79 Å². The van der Waals surface area contributed by atoms with Crippen LogP contribution in [0.5, 0.6) is 0 Å². The third-order valence-electron chi connectivity index (χ3n) is 5.01. The SMILES string of the molecule is N[C@@H]1CCC[C@H]1CC(=O)Nc1ccccc1-c1nc2ccccc2[nH]1. The summed E-state index contributed by atoms with van der Waals surface area (Å²) in [6, 6.07) is 15.8. The minimum Gasteiger partial charge on any atom is -0.338 e. The number of rotatable bonds is 4. The largest absolute Gasteiger partial charge is 0.338 e. The Kier molecular flexibility index (Phi) is 4.24. The van der Waals surface area contributed by atoms with Crippen molar-refractivity contribution in [1.82, 2.24) is 9.97 Å². The Morgan fingerprint density at radius 2 is 1.96 bits per heavy atom. The van der Waals surface area contributed by atoms with E-state index in [-0.39, 0.29) is 11.9 Å². The van der Waals surface area contributed by atoms with Gasteiger partial charge in [-0.25, -0.2) is 4.98 Å². The highest BCUT2D eigenvalue weighted by atomic mass is 16.1. The van der Waals surface area contributed by atoms with Gasteiger partial charge in [-0.05, 0) is 43.0 Å². The van der Waals surface area contributed by atoms with Crippen molar-refractivity contribution in [3.63, 3.8) is 0 Å². The summed E-state index contributed by atoms with van der Waals surface area (Å²) in [5, 5.41) is 3.05. The number of fused-ring (bicyclic) bond motifs is 1. The third-order valence-corrected chi connectivity index (χ3v) is 5.01. The molecule has 2 atom stereocenters. The Morgan fingerprint density at radius 1 is 1.16 bits per heavy atom. The maximum atomic E-state index is 12.5. The predicted octanol–water partition coefficient (Wildman–Crippen LogP) is 3.69. The number of anilines is 1. The lowest BCUT2D eigenvalue weighted by Crippen LogP contribution is -2.28. The summed E-state index contributed by atoms with van der Waals surface area (Å²) >= 11 is 0. The van der Waals surface area contributed by atoms with Crippen LogP contribution < -0.4 is 11.1 Å². The molecule has 1 aromatic heterocycles. The highest BCUT2D eigenvalue weighted by Crippen LogP contribution is 2.30. The Bertz CT molecular complexity index is 868. The van der Waals surface area contributed by atoms with Crippen molar-refractivity contribution in [2.24, 2.45) is 11.7 Å². The van der Waals surface area contributed by atoms with Gasteiger partial charge < -0.3 is 16.0 Å². The number of hydrogen-bond donors (Lipinski definition) is 3. The fraction of sp³-hybridized carbons (Fsp3) is 0.300. The molecule has 1 saturated carbocycles. The van der Waals surface area contributed by atoms with Gasteiger partial charge in [0, 0.05) is 18.0 Å². The van der Waals surface area contributed by atoms with Crippen LogP contribution >= 0.6 is 0 Å². The van der Waals surface area contributed by atoms with Crippen LogP contribution in [-0.4, -0.2) is 21.9 Å². The van der Waals surface area contributed by atoms with Gasteiger partial charge in [0.05, 0.1) is 16.7 Å². The first kappa shape index (κ1) is 15.8. The van der Waals surface area contributed by atoms with Crippen LogP contribution in [0, 0.1) is 5.92 Å². The molecule has 1 aliphatic carbocycles. The smallest absolute Gasteiger partial charge is 0.224 e. The Hall–Kier alpha value is -2.66. The standard InChI is InChI=1S/C20H22N4O/c21-15-8-5-6-13(15)12-19(25)22-16-9-2-1-7-14(16)20-23-17-10-3-4-11-18(17)24-20/h1-4,7,9-11,13,15H,5-6,8,12,21H2,(H,22,25)(H,23,24)/t13-,15+/m0/s1. The Morgan fingerprint density at radius 3 is 2.76 bits per heavy atom. The second kappa shape index (κ2) is 6.69. The van der Waals surface area contributed by atoms with E-state index in [2.05, 4.69) is 15.3 Å². The summed E-state index contributed by atoms with van der Waals surface area (Å²) in [6.07, 6.45) is 3.66. The summed E-state index contributed by atoms with van der Waals surface area (Å²) in [5.41, 5.74) is 9.65. The first-order chi connectivity index (χ1) is 12.2. The normalized spacial score (nSPS) is 20.0. The molecule has 0 saturated heterocycles. The number of nitrogens with zero attached hydrogens (tertiary/aromatic N) is 1. The van der Waals surface area contributed by atoms with Gasteiger partial charge >= 0.3 is 0 Å². The fourth-order valence-corrected chi connectivity index (χ4v) is 3.64. The van der Waals surface area contributed by atoms with Crippen molar-refractivity contribution in [3.05, 3.63) is 48.5 Å². The predicted molar refractivity (Wildman–Crippen MR) is 100 cm³/mol. The van der Waals surface area contributed by atoms with Gasteiger partial charge in [0.1, 0.15) is 5.82 Å². The molecule has 25 heavy (non-hydrogen) atoms. The molecule has 0 bridgehead atoms. The monoisotopic (exact) mass is 334 g/mol. The molecule has 0 spiro atoms. The van der Waals surface area contributed by atoms with E-state index in [1.807, 2.05) is 48.5 Å². The van der Waals surface area contributed by atoms with Gasteiger partial charge in [-0.2, -0.15) is 0 Å². The number of aromatic amines is 1. The van der Waals surface area contributed by atoms with Crippen molar-refractivity contribution < 1.29 is 4.79 Å². The van der Waals surface area contributed by atoms with Crippen LogP contribution in [-0.2, 0) is 4.79 Å². The van der Waals surface area contributed by atoms with Crippen molar-refractivity contribution in [1.29, 1.82) is 0 Å². The average molecular weight is 334 g/mol. The second-order valence-electron chi connectivity index (χ2n) is 6.76. The van der Waals surface area contributed by atoms with E-state index in [1.54, 1.807) is 0 Å². The van der Waals surface area contributed by atoms with Crippen molar-refractivity contribution in [3.8, 4) is 11.4 Å². The highest BCUT2D eigenvalue weighted by molar-refractivity contribution is 5.95. The fourth-order valence-electron chi connectivity index (χ4n) is 3.64. The number of carbonyl (C=O) groups excluding carboxylic acids is 1. The van der Waals surface area contributed by atoms with Gasteiger partial charge in [0.25, 0.3) is 0 Å². The summed E-state index contributed by atoms with van der Waals surface area (Å²) in [6.45, 7) is 0. The van der Waals surface area contributed by atoms with E-state index in [0.717, 1.165) is 47.4 Å². The molecule has 2 aromatic carbocycles. The van der Waals surface area contributed by atoms with Crippen LogP contribution in [0.1, 0.15) is 25.7 Å². The zero-order chi connectivity index (χ0) is 17.2. The number of benzene rings is 2. The molecule has 1 amide bonds. The summed E-state index contributed by atoms with van der Waals surface area (Å²) < 4.78 is 0. The van der Waals surface area contributed by atoms with Crippen LogP contribution in [0.3, 0.4) is 0 Å². The van der Waals surface area contributed by atoms with Crippen molar-refractivity contribution >= 4 is 22.6 Å². The maximum Gasteiger partial charge on any atom is 0.224 e. The van der Waals surface area contributed by atoms with E-state index in [0.29, 0.717) is 12.3 Å². The summed E-state index contributed by atoms with van der Waals surface area (Å²) in [7, 11) is 0. The molecule has 4 rings (SSSR count). The van der Waals surface area contributed by atoms with Gasteiger partial charge in [0.2, 0.25) is 5.91 Å². The number of nitrogens with one attached hydrogen (secondary N) is 2. The first-order valence-electron chi connectivity index (χ1n) is 8.80. The zero-order valence-electron chi connectivity index (χ0n) is 14.0. The molecule has 0 radical (unpaired) electrons. The molecule has 5 nitrogen and oxygen atoms in total. The lowest BCUT2D eigenvalue weighted by molar-refractivity contribution is -0.117. The molecule has 5 heteroatoms. The summed E-state index contributed by atoms with van der Waals surface area (Å²) in [4.78, 5) is 20.4. The lowest BCUT2D eigenvalue weighted by atomic mass is 10.00. The molecule has 1 heterocycles. The minimum absolute atomic E-state index is 0.0194. The van der Waals surface area contributed by atoms with Crippen molar-refractivity contribution in [2.45, 2.75) is 31.7 Å². The number of H-pyrrole nitrogens is 1. The summed E-state index contributed by atoms with van der Waals surface area (Å²) in [5.74, 6) is 1.07. The average Bonchev–Trinajstić information content (AvgIpc) is 3.21. The van der Waals surface area contributed by atoms with Gasteiger partial charge in [-0.15, -0.1) is 0 Å². The topological polar surface area (TPSA) is 83.8 Å². The van der Waals surface area contributed by atoms with Crippen LogP contribution in [0.2, 0.25) is 0 Å². The van der Waals surface area contributed by atoms with Gasteiger partial charge in [-0.1, -0.05) is 30.7 Å². The highest BCUT2D eigenvalue weighted by Gasteiger charge is 2.26. The molecule has 0 unspecified atom stereocenters. The number of imidazole rings is 1. The number of carbonyl (C=O) groups is 1. The van der Waals surface area contributed by atoms with Crippen molar-refractivity contribution in [2.75, 3.05) is 5.32 Å². The molecule has 128 valence electrons. The second-order valence-corrected chi connectivity index (χ2v) is 6.76. The van der Waals surface area contributed by atoms with E-state index >= 15 is 0 Å². The minimum atomic E-state index is 0.0194. The molecular formula is C20H22N4O. The number of hydrogen-bond acceptors (Lipinski definition) is 3.